The first-order valence-electron chi connectivity index (χ1n) is 7.74. The van der Waals surface area contributed by atoms with Crippen LogP contribution in [0.15, 0.2) is 64.3 Å². The molecule has 4 rings (SSSR count). The summed E-state index contributed by atoms with van der Waals surface area (Å²) in [6, 6.07) is 14.7. The molecule has 1 amide bonds. The van der Waals surface area contributed by atoms with E-state index in [4.69, 9.17) is 0 Å². The molecule has 0 fully saturated rings. The van der Waals surface area contributed by atoms with Gasteiger partial charge < -0.3 is 0 Å². The number of nitrogens with zero attached hydrogens (tertiary/aromatic N) is 5. The van der Waals surface area contributed by atoms with Crippen LogP contribution < -0.4 is 5.69 Å². The van der Waals surface area contributed by atoms with Gasteiger partial charge in [0.05, 0.1) is 24.3 Å². The van der Waals surface area contributed by atoms with Crippen LogP contribution in [0, 0.1) is 0 Å². The number of aromatic nitrogens is 4. The minimum absolute atomic E-state index is 0.0229. The van der Waals surface area contributed by atoms with Gasteiger partial charge >= 0.3 is 5.69 Å². The van der Waals surface area contributed by atoms with E-state index in [1.807, 2.05) is 0 Å². The average molecular weight is 371 g/mol. The van der Waals surface area contributed by atoms with Crippen LogP contribution in [0.5, 0.6) is 0 Å². The van der Waals surface area contributed by atoms with Gasteiger partial charge in [0.25, 0.3) is 15.9 Å². The summed E-state index contributed by atoms with van der Waals surface area (Å²) >= 11 is 0. The van der Waals surface area contributed by atoms with Crippen molar-refractivity contribution < 1.29 is 13.2 Å². The standard InChI is InChI=1S/C16H13N5O4S/c22-15-13-8-4-5-9-14(13)26(24,25)20(15)11-10-19-16(23)21(18-17-19)12-6-2-1-3-7-12/h1-9H,10-11H2. The Kier molecular flexibility index (Phi) is 3.69. The van der Waals surface area contributed by atoms with Crippen molar-refractivity contribution in [1.82, 2.24) is 24.1 Å². The van der Waals surface area contributed by atoms with E-state index in [0.29, 0.717) is 5.69 Å². The minimum Gasteiger partial charge on any atom is -0.268 e. The van der Waals surface area contributed by atoms with Gasteiger partial charge in [-0.05, 0) is 34.7 Å². The van der Waals surface area contributed by atoms with Gasteiger partial charge in [-0.15, -0.1) is 0 Å². The zero-order valence-electron chi connectivity index (χ0n) is 13.4. The predicted molar refractivity (Wildman–Crippen MR) is 90.3 cm³/mol. The summed E-state index contributed by atoms with van der Waals surface area (Å²) in [5.41, 5.74) is 0.159. The smallest absolute Gasteiger partial charge is 0.268 e. The molecular weight excluding hydrogens is 358 g/mol. The van der Waals surface area contributed by atoms with E-state index in [-0.39, 0.29) is 23.5 Å². The lowest BCUT2D eigenvalue weighted by Gasteiger charge is -2.14. The molecule has 9 nitrogen and oxygen atoms in total. The summed E-state index contributed by atoms with van der Waals surface area (Å²) in [6.07, 6.45) is 0. The second-order valence-electron chi connectivity index (χ2n) is 5.61. The van der Waals surface area contributed by atoms with Crippen LogP contribution >= 0.6 is 0 Å². The number of hydrogen-bond acceptors (Lipinski definition) is 6. The van der Waals surface area contributed by atoms with Crippen LogP contribution in [-0.2, 0) is 16.6 Å². The number of hydrogen-bond donors (Lipinski definition) is 0. The van der Waals surface area contributed by atoms with E-state index in [2.05, 4.69) is 10.4 Å². The minimum atomic E-state index is -3.91. The second kappa shape index (κ2) is 5.92. The largest absolute Gasteiger partial charge is 0.368 e. The summed E-state index contributed by atoms with van der Waals surface area (Å²) in [4.78, 5) is 24.7. The molecule has 1 aliphatic rings. The monoisotopic (exact) mass is 371 g/mol. The fourth-order valence-electron chi connectivity index (χ4n) is 2.78. The lowest BCUT2D eigenvalue weighted by atomic mass is 10.2. The van der Waals surface area contributed by atoms with E-state index in [0.717, 1.165) is 13.7 Å². The lowest BCUT2D eigenvalue weighted by Crippen LogP contribution is -2.35. The zero-order chi connectivity index (χ0) is 18.3. The molecule has 0 bridgehead atoms. The number of carbonyl (C=O) groups is 1. The Hall–Kier alpha value is -3.27. The van der Waals surface area contributed by atoms with Gasteiger partial charge in [0.2, 0.25) is 0 Å². The van der Waals surface area contributed by atoms with Crippen LogP contribution in [0.1, 0.15) is 10.4 Å². The maximum Gasteiger partial charge on any atom is 0.368 e. The highest BCUT2D eigenvalue weighted by atomic mass is 32.2. The third-order valence-corrected chi connectivity index (χ3v) is 5.91. The molecule has 0 saturated carbocycles. The fraction of sp³-hybridized carbons (Fsp3) is 0.125. The van der Waals surface area contributed by atoms with Gasteiger partial charge in [-0.1, -0.05) is 30.3 Å². The number of benzene rings is 2. The van der Waals surface area contributed by atoms with E-state index in [9.17, 15) is 18.0 Å². The average Bonchev–Trinajstić information content (AvgIpc) is 3.11. The summed E-state index contributed by atoms with van der Waals surface area (Å²) in [6.45, 7) is -0.298. The molecule has 26 heavy (non-hydrogen) atoms. The molecule has 0 unspecified atom stereocenters. The van der Waals surface area contributed by atoms with E-state index >= 15 is 0 Å². The maximum atomic E-state index is 12.5. The Morgan fingerprint density at radius 3 is 2.27 bits per heavy atom. The van der Waals surface area contributed by atoms with Crippen molar-refractivity contribution in [3.05, 3.63) is 70.6 Å². The highest BCUT2D eigenvalue weighted by molar-refractivity contribution is 7.90. The first kappa shape index (κ1) is 16.2. The van der Waals surface area contributed by atoms with Crippen molar-refractivity contribution >= 4 is 15.9 Å². The van der Waals surface area contributed by atoms with Crippen LogP contribution in [-0.4, -0.2) is 45.0 Å². The molecule has 0 aliphatic carbocycles. The number of amides is 1. The first-order chi connectivity index (χ1) is 12.5. The molecule has 0 radical (unpaired) electrons. The third kappa shape index (κ3) is 2.42. The Labute approximate surface area is 148 Å². The third-order valence-electron chi connectivity index (χ3n) is 4.07. The number of carbonyl (C=O) groups excluding carboxylic acids is 1. The molecule has 2 heterocycles. The molecule has 1 aromatic heterocycles. The number of fused-ring (bicyclic) bond motifs is 1. The summed E-state index contributed by atoms with van der Waals surface area (Å²) in [5, 5.41) is 7.55. The lowest BCUT2D eigenvalue weighted by molar-refractivity contribution is 0.0867. The Bertz CT molecular complexity index is 1150. The molecule has 0 atom stereocenters. The molecule has 0 N–H and O–H groups in total. The predicted octanol–water partition coefficient (Wildman–Crippen LogP) is 0.274. The number of rotatable bonds is 4. The van der Waals surface area contributed by atoms with Crippen LogP contribution in [0.2, 0.25) is 0 Å². The van der Waals surface area contributed by atoms with E-state index in [1.54, 1.807) is 42.5 Å². The molecule has 1 aliphatic heterocycles. The summed E-state index contributed by atoms with van der Waals surface area (Å²) in [5.74, 6) is -0.607. The van der Waals surface area contributed by atoms with Gasteiger partial charge in [-0.3, -0.25) is 4.79 Å². The maximum absolute atomic E-state index is 12.5. The summed E-state index contributed by atoms with van der Waals surface area (Å²) < 4.78 is 27.9. The van der Waals surface area contributed by atoms with Crippen molar-refractivity contribution in [1.29, 1.82) is 0 Å². The van der Waals surface area contributed by atoms with Crippen molar-refractivity contribution in [3.63, 3.8) is 0 Å². The highest BCUT2D eigenvalue weighted by Gasteiger charge is 2.40. The molecule has 10 heteroatoms. The van der Waals surface area contributed by atoms with Crippen molar-refractivity contribution in [2.75, 3.05) is 6.54 Å². The molecule has 2 aromatic carbocycles. The number of sulfonamides is 1. The van der Waals surface area contributed by atoms with Crippen LogP contribution in [0.3, 0.4) is 0 Å². The van der Waals surface area contributed by atoms with Gasteiger partial charge in [0.1, 0.15) is 4.90 Å². The molecular formula is C16H13N5O4S. The van der Waals surface area contributed by atoms with Crippen LogP contribution in [0.4, 0.5) is 0 Å². The van der Waals surface area contributed by atoms with E-state index < -0.39 is 21.6 Å². The number of para-hydroxylation sites is 1. The quantitative estimate of drug-likeness (QED) is 0.652. The van der Waals surface area contributed by atoms with Gasteiger partial charge in [0.15, 0.2) is 0 Å². The molecule has 3 aromatic rings. The Morgan fingerprint density at radius 1 is 0.846 bits per heavy atom. The first-order valence-corrected chi connectivity index (χ1v) is 9.18. The topological polar surface area (TPSA) is 107 Å². The van der Waals surface area contributed by atoms with Gasteiger partial charge in [0, 0.05) is 0 Å². The second-order valence-corrected chi connectivity index (χ2v) is 7.44. The Balaban J connectivity index is 1.59. The zero-order valence-corrected chi connectivity index (χ0v) is 14.2. The van der Waals surface area contributed by atoms with Crippen molar-refractivity contribution in [2.45, 2.75) is 11.4 Å². The normalized spacial score (nSPS) is 15.2. The summed E-state index contributed by atoms with van der Waals surface area (Å²) in [7, 11) is -3.91. The van der Waals surface area contributed by atoms with Gasteiger partial charge in [-0.2, -0.15) is 9.36 Å². The van der Waals surface area contributed by atoms with E-state index in [1.165, 1.54) is 12.1 Å². The molecule has 0 saturated heterocycles. The van der Waals surface area contributed by atoms with Crippen molar-refractivity contribution in [3.8, 4) is 5.69 Å². The molecule has 132 valence electrons. The van der Waals surface area contributed by atoms with Crippen molar-refractivity contribution in [2.24, 2.45) is 0 Å². The fourth-order valence-corrected chi connectivity index (χ4v) is 4.34. The number of tetrazole rings is 1. The SMILES string of the molecule is O=C1c2ccccc2S(=O)(=O)N1CCn1nnn(-c2ccccc2)c1=O. The van der Waals surface area contributed by atoms with Gasteiger partial charge in [-0.25, -0.2) is 17.5 Å². The highest BCUT2D eigenvalue weighted by Crippen LogP contribution is 2.29. The Morgan fingerprint density at radius 2 is 1.54 bits per heavy atom. The molecule has 0 spiro atoms. The van der Waals surface area contributed by atoms with Crippen LogP contribution in [0.25, 0.3) is 5.69 Å².